The zero-order chi connectivity index (χ0) is 29.6. The summed E-state index contributed by atoms with van der Waals surface area (Å²) in [5.74, 6) is -0.246. The molecular formula is C33H35Cl2N2O3S+. The van der Waals surface area contributed by atoms with Crippen molar-refractivity contribution in [2.45, 2.75) is 51.4 Å². The van der Waals surface area contributed by atoms with Crippen molar-refractivity contribution in [3.05, 3.63) is 112 Å². The van der Waals surface area contributed by atoms with Crippen LogP contribution in [0.15, 0.2) is 90.7 Å². The minimum atomic E-state index is -3.99. The second-order valence-electron chi connectivity index (χ2n) is 11.7. The lowest BCUT2D eigenvalue weighted by atomic mass is 9.81. The van der Waals surface area contributed by atoms with E-state index in [-0.39, 0.29) is 16.6 Å². The molecule has 0 spiro atoms. The normalized spacial score (nSPS) is 18.4. The van der Waals surface area contributed by atoms with Crippen molar-refractivity contribution in [3.63, 3.8) is 0 Å². The quantitative estimate of drug-likeness (QED) is 0.158. The average molecular weight is 611 g/mol. The fourth-order valence-corrected chi connectivity index (χ4v) is 6.98. The van der Waals surface area contributed by atoms with E-state index in [0.29, 0.717) is 29.4 Å². The van der Waals surface area contributed by atoms with Gasteiger partial charge in [0.15, 0.2) is 5.71 Å². The number of unbranched alkanes of at least 4 members (excludes halogenated alkanes) is 1. The molecule has 41 heavy (non-hydrogen) atoms. The largest absolute Gasteiger partial charge is 0.313 e. The Morgan fingerprint density at radius 2 is 1.54 bits per heavy atom. The molecule has 0 saturated carbocycles. The first kappa shape index (κ1) is 29.6. The Morgan fingerprint density at radius 3 is 2.22 bits per heavy atom. The third kappa shape index (κ3) is 5.76. The predicted octanol–water partition coefficient (Wildman–Crippen LogP) is 8.61. The number of hydrogen-bond donors (Lipinski definition) is 1. The Hall–Kier alpha value is -2.90. The molecule has 2 aliphatic rings. The van der Waals surface area contributed by atoms with Crippen LogP contribution in [-0.4, -0.2) is 35.6 Å². The van der Waals surface area contributed by atoms with Gasteiger partial charge in [-0.2, -0.15) is 13.0 Å². The van der Waals surface area contributed by atoms with Crippen LogP contribution in [0, 0.1) is 0 Å². The topological polar surface area (TPSA) is 60.6 Å². The Kier molecular flexibility index (Phi) is 7.99. The van der Waals surface area contributed by atoms with Crippen LogP contribution in [0.3, 0.4) is 0 Å². The van der Waals surface area contributed by atoms with Gasteiger partial charge in [-0.3, -0.25) is 4.55 Å². The zero-order valence-electron chi connectivity index (χ0n) is 23.7. The molecule has 8 heteroatoms. The van der Waals surface area contributed by atoms with Crippen LogP contribution in [0.4, 0.5) is 17.1 Å². The monoisotopic (exact) mass is 609 g/mol. The van der Waals surface area contributed by atoms with Gasteiger partial charge in [0.05, 0.1) is 16.9 Å². The van der Waals surface area contributed by atoms with Crippen molar-refractivity contribution >= 4 is 56.1 Å². The zero-order valence-corrected chi connectivity index (χ0v) is 26.1. The Morgan fingerprint density at radius 1 is 0.878 bits per heavy atom. The second-order valence-corrected chi connectivity index (χ2v) is 14.1. The number of anilines is 2. The van der Waals surface area contributed by atoms with Gasteiger partial charge in [-0.15, -0.1) is 0 Å². The maximum atomic E-state index is 11.3. The molecule has 2 aliphatic heterocycles. The molecule has 0 fully saturated rings. The number of rotatable bonds is 8. The van der Waals surface area contributed by atoms with Crippen molar-refractivity contribution in [2.75, 3.05) is 17.2 Å². The molecule has 0 bridgehead atoms. The SMILES string of the molecule is CC1(C)C(=CC=CC2=[N+](CCCCS(=O)(=O)O)c3ccc(Cl)cc3C2(C)C)N(c2ccccc2)c2ccc(Cl)cc21. The van der Waals surface area contributed by atoms with Gasteiger partial charge in [0, 0.05) is 51.0 Å². The molecule has 3 aromatic rings. The number of benzene rings is 3. The smallest absolute Gasteiger partial charge is 0.264 e. The van der Waals surface area contributed by atoms with E-state index in [1.165, 1.54) is 5.56 Å². The minimum absolute atomic E-state index is 0.246. The van der Waals surface area contributed by atoms with E-state index in [9.17, 15) is 13.0 Å². The lowest BCUT2D eigenvalue weighted by Crippen LogP contribution is -2.28. The molecule has 3 aromatic carbocycles. The van der Waals surface area contributed by atoms with Crippen molar-refractivity contribution in [1.82, 2.24) is 0 Å². The van der Waals surface area contributed by atoms with Crippen LogP contribution >= 0.6 is 23.2 Å². The number of nitrogens with zero attached hydrogens (tertiary/aromatic N) is 2. The highest BCUT2D eigenvalue weighted by Gasteiger charge is 2.44. The Labute approximate surface area is 253 Å². The number of hydrogen-bond acceptors (Lipinski definition) is 3. The van der Waals surface area contributed by atoms with Crippen molar-refractivity contribution < 1.29 is 17.5 Å². The highest BCUT2D eigenvalue weighted by atomic mass is 35.5. The fourth-order valence-electron chi connectivity index (χ4n) is 6.06. The average Bonchev–Trinajstić information content (AvgIpc) is 3.25. The first-order valence-corrected chi connectivity index (χ1v) is 16.1. The van der Waals surface area contributed by atoms with Crippen LogP contribution < -0.4 is 4.90 Å². The highest BCUT2D eigenvalue weighted by molar-refractivity contribution is 7.85. The van der Waals surface area contributed by atoms with Crippen molar-refractivity contribution in [1.29, 1.82) is 0 Å². The van der Waals surface area contributed by atoms with E-state index in [1.807, 2.05) is 42.5 Å². The lowest BCUT2D eigenvalue weighted by molar-refractivity contribution is -0.438. The van der Waals surface area contributed by atoms with Gasteiger partial charge in [-0.25, -0.2) is 0 Å². The first-order chi connectivity index (χ1) is 19.3. The third-order valence-electron chi connectivity index (χ3n) is 8.16. The summed E-state index contributed by atoms with van der Waals surface area (Å²) in [7, 11) is -3.99. The fraction of sp³-hybridized carbons (Fsp3) is 0.303. The van der Waals surface area contributed by atoms with Crippen LogP contribution in [0.1, 0.15) is 51.7 Å². The molecule has 0 aliphatic carbocycles. The van der Waals surface area contributed by atoms with Crippen LogP contribution in [0.2, 0.25) is 10.0 Å². The lowest BCUT2D eigenvalue weighted by Gasteiger charge is -2.27. The number of fused-ring (bicyclic) bond motifs is 2. The molecule has 5 nitrogen and oxygen atoms in total. The summed E-state index contributed by atoms with van der Waals surface area (Å²) in [4.78, 5) is 2.29. The number of allylic oxidation sites excluding steroid dienone is 4. The standard InChI is InChI=1S/C33H34Cl2N2O3S/c1-32(2)26-21-23(34)15-17-28(26)36(19-8-9-20-41(38,39)40)30(32)13-10-14-31-33(3,4)27-22-24(35)16-18-29(27)37(31)25-11-6-5-7-12-25/h5-7,10-18,21-22H,8-9,19-20H2,1-4H3/p+1. The molecule has 1 N–H and O–H groups in total. The van der Waals surface area contributed by atoms with E-state index < -0.39 is 10.1 Å². The van der Waals surface area contributed by atoms with E-state index in [2.05, 4.69) is 79.7 Å². The van der Waals surface area contributed by atoms with E-state index >= 15 is 0 Å². The molecule has 0 atom stereocenters. The maximum Gasteiger partial charge on any atom is 0.264 e. The third-order valence-corrected chi connectivity index (χ3v) is 9.44. The van der Waals surface area contributed by atoms with Crippen LogP contribution in [0.25, 0.3) is 0 Å². The molecule has 0 radical (unpaired) electrons. The van der Waals surface area contributed by atoms with Gasteiger partial charge < -0.3 is 4.90 Å². The summed E-state index contributed by atoms with van der Waals surface area (Å²) in [6.07, 6.45) is 7.42. The van der Waals surface area contributed by atoms with Crippen LogP contribution in [-0.2, 0) is 20.9 Å². The van der Waals surface area contributed by atoms with Gasteiger partial charge in [0.1, 0.15) is 6.54 Å². The summed E-state index contributed by atoms with van der Waals surface area (Å²) in [6.45, 7) is 9.42. The Balaban J connectivity index is 1.56. The first-order valence-electron chi connectivity index (χ1n) is 13.7. The van der Waals surface area contributed by atoms with Gasteiger partial charge in [0.2, 0.25) is 5.69 Å². The van der Waals surface area contributed by atoms with Gasteiger partial charge in [0.25, 0.3) is 10.1 Å². The molecule has 2 heterocycles. The molecule has 0 saturated heterocycles. The summed E-state index contributed by atoms with van der Waals surface area (Å²) in [5.41, 5.74) is 7.18. The predicted molar refractivity (Wildman–Crippen MR) is 170 cm³/mol. The van der Waals surface area contributed by atoms with Gasteiger partial charge in [-0.1, -0.05) is 61.3 Å². The van der Waals surface area contributed by atoms with Crippen LogP contribution in [0.5, 0.6) is 0 Å². The second kappa shape index (κ2) is 11.1. The summed E-state index contributed by atoms with van der Waals surface area (Å²) >= 11 is 12.9. The van der Waals surface area contributed by atoms with E-state index in [1.54, 1.807) is 0 Å². The minimum Gasteiger partial charge on any atom is -0.313 e. The molecule has 0 aromatic heterocycles. The number of halogens is 2. The molecule has 0 amide bonds. The molecule has 0 unspecified atom stereocenters. The van der Waals surface area contributed by atoms with Crippen molar-refractivity contribution in [2.24, 2.45) is 0 Å². The highest BCUT2D eigenvalue weighted by Crippen LogP contribution is 2.52. The molecule has 5 rings (SSSR count). The van der Waals surface area contributed by atoms with Gasteiger partial charge in [-0.05, 0) is 74.4 Å². The summed E-state index contributed by atoms with van der Waals surface area (Å²) < 4.78 is 34.0. The van der Waals surface area contributed by atoms with E-state index in [4.69, 9.17) is 23.2 Å². The van der Waals surface area contributed by atoms with Crippen molar-refractivity contribution in [3.8, 4) is 0 Å². The maximum absolute atomic E-state index is 11.3. The van der Waals surface area contributed by atoms with E-state index in [0.717, 1.165) is 34.0 Å². The summed E-state index contributed by atoms with van der Waals surface area (Å²) in [6, 6.07) is 22.3. The Bertz CT molecular complexity index is 1690. The molecule has 214 valence electrons. The number of para-hydroxylation sites is 1. The summed E-state index contributed by atoms with van der Waals surface area (Å²) in [5, 5.41) is 1.39. The molecular weight excluding hydrogens is 575 g/mol. The van der Waals surface area contributed by atoms with Gasteiger partial charge >= 0.3 is 0 Å².